The second-order valence-electron chi connectivity index (χ2n) is 7.06. The Morgan fingerprint density at radius 3 is 2.74 bits per heavy atom. The standard InChI is InChI=1S/C19H24N4O4/c1-3-15(24)23-10-5-4-9-14(23)16(25)20-13-8-6-7-12(11-13)19(2)17(26)21-18(27)22-19/h6-8,11,14H,3-5,9-10H2,1-2H3,(H,20,25)(H2,21,22,26,27). The van der Waals surface area contributed by atoms with Crippen LogP contribution in [-0.2, 0) is 19.9 Å². The van der Waals surface area contributed by atoms with Crippen LogP contribution in [0.2, 0.25) is 0 Å². The molecule has 8 nitrogen and oxygen atoms in total. The van der Waals surface area contributed by atoms with E-state index < -0.39 is 23.5 Å². The van der Waals surface area contributed by atoms with Crippen molar-refractivity contribution in [3.8, 4) is 0 Å². The summed E-state index contributed by atoms with van der Waals surface area (Å²) < 4.78 is 0. The molecule has 2 unspecified atom stereocenters. The predicted molar refractivity (Wildman–Crippen MR) is 98.7 cm³/mol. The third-order valence-electron chi connectivity index (χ3n) is 5.18. The quantitative estimate of drug-likeness (QED) is 0.696. The van der Waals surface area contributed by atoms with E-state index in [1.807, 2.05) is 0 Å². The molecule has 5 amide bonds. The number of carbonyl (C=O) groups is 4. The Kier molecular flexibility index (Phi) is 5.16. The average molecular weight is 372 g/mol. The van der Waals surface area contributed by atoms with E-state index in [-0.39, 0.29) is 11.8 Å². The second-order valence-corrected chi connectivity index (χ2v) is 7.06. The lowest BCUT2D eigenvalue weighted by Gasteiger charge is -2.34. The zero-order chi connectivity index (χ0) is 19.6. The summed E-state index contributed by atoms with van der Waals surface area (Å²) in [6.07, 6.45) is 2.80. The number of urea groups is 1. The lowest BCUT2D eigenvalue weighted by Crippen LogP contribution is -2.49. The number of amides is 5. The van der Waals surface area contributed by atoms with Crippen molar-refractivity contribution < 1.29 is 19.2 Å². The van der Waals surface area contributed by atoms with Crippen LogP contribution in [0.1, 0.15) is 45.1 Å². The minimum absolute atomic E-state index is 0.0264. The molecule has 8 heteroatoms. The average Bonchev–Trinajstić information content (AvgIpc) is 2.94. The normalized spacial score (nSPS) is 25.0. The lowest BCUT2D eigenvalue weighted by molar-refractivity contribution is -0.140. The van der Waals surface area contributed by atoms with Crippen molar-refractivity contribution in [1.29, 1.82) is 0 Å². The summed E-state index contributed by atoms with van der Waals surface area (Å²) in [6.45, 7) is 3.99. The number of nitrogens with one attached hydrogen (secondary N) is 3. The molecule has 2 aliphatic heterocycles. The molecule has 1 aromatic carbocycles. The SMILES string of the molecule is CCC(=O)N1CCCCC1C(=O)Nc1cccc(C2(C)NC(=O)NC2=O)c1. The van der Waals surface area contributed by atoms with Crippen molar-refractivity contribution in [3.63, 3.8) is 0 Å². The van der Waals surface area contributed by atoms with Crippen LogP contribution in [-0.4, -0.2) is 41.2 Å². The summed E-state index contributed by atoms with van der Waals surface area (Å²) in [5.74, 6) is -0.705. The summed E-state index contributed by atoms with van der Waals surface area (Å²) in [4.78, 5) is 50.2. The maximum Gasteiger partial charge on any atom is 0.322 e. The summed E-state index contributed by atoms with van der Waals surface area (Å²) in [5, 5.41) is 7.68. The fourth-order valence-electron chi connectivity index (χ4n) is 3.59. The van der Waals surface area contributed by atoms with E-state index in [4.69, 9.17) is 0 Å². The highest BCUT2D eigenvalue weighted by molar-refractivity contribution is 6.07. The number of hydrogen-bond acceptors (Lipinski definition) is 4. The molecular weight excluding hydrogens is 348 g/mol. The maximum absolute atomic E-state index is 12.8. The van der Waals surface area contributed by atoms with Gasteiger partial charge in [-0.25, -0.2) is 4.79 Å². The monoisotopic (exact) mass is 372 g/mol. The number of benzene rings is 1. The van der Waals surface area contributed by atoms with Gasteiger partial charge < -0.3 is 15.5 Å². The number of likely N-dealkylation sites (tertiary alicyclic amines) is 1. The molecule has 0 saturated carbocycles. The molecule has 0 spiro atoms. The Balaban J connectivity index is 1.78. The minimum atomic E-state index is -1.19. The minimum Gasteiger partial charge on any atom is -0.331 e. The Labute approximate surface area is 157 Å². The van der Waals surface area contributed by atoms with Gasteiger partial charge in [0.05, 0.1) is 0 Å². The van der Waals surface area contributed by atoms with E-state index in [0.29, 0.717) is 30.6 Å². The molecule has 2 fully saturated rings. The molecular formula is C19H24N4O4. The van der Waals surface area contributed by atoms with E-state index in [1.54, 1.807) is 43.0 Å². The number of piperidine rings is 1. The van der Waals surface area contributed by atoms with Crippen LogP contribution in [0.4, 0.5) is 10.5 Å². The smallest absolute Gasteiger partial charge is 0.322 e. The number of nitrogens with zero attached hydrogens (tertiary/aromatic N) is 1. The first-order chi connectivity index (χ1) is 12.8. The largest absolute Gasteiger partial charge is 0.331 e. The van der Waals surface area contributed by atoms with Crippen LogP contribution in [0.5, 0.6) is 0 Å². The highest BCUT2D eigenvalue weighted by atomic mass is 16.2. The maximum atomic E-state index is 12.8. The fourth-order valence-corrected chi connectivity index (χ4v) is 3.59. The molecule has 0 bridgehead atoms. The first-order valence-corrected chi connectivity index (χ1v) is 9.19. The van der Waals surface area contributed by atoms with Crippen molar-refractivity contribution in [2.45, 2.75) is 51.1 Å². The number of carbonyl (C=O) groups excluding carboxylic acids is 4. The van der Waals surface area contributed by atoms with Crippen molar-refractivity contribution in [2.75, 3.05) is 11.9 Å². The first kappa shape index (κ1) is 18.9. The van der Waals surface area contributed by atoms with Gasteiger partial charge in [-0.15, -0.1) is 0 Å². The van der Waals surface area contributed by atoms with Crippen LogP contribution < -0.4 is 16.0 Å². The van der Waals surface area contributed by atoms with Crippen LogP contribution in [0.3, 0.4) is 0 Å². The highest BCUT2D eigenvalue weighted by Crippen LogP contribution is 2.27. The van der Waals surface area contributed by atoms with E-state index in [0.717, 1.165) is 12.8 Å². The number of hydrogen-bond donors (Lipinski definition) is 3. The Hall–Kier alpha value is -2.90. The van der Waals surface area contributed by atoms with Gasteiger partial charge in [-0.3, -0.25) is 19.7 Å². The summed E-state index contributed by atoms with van der Waals surface area (Å²) in [5.41, 5.74) is -0.108. The number of anilines is 1. The van der Waals surface area contributed by atoms with Gasteiger partial charge in [-0.1, -0.05) is 19.1 Å². The second kappa shape index (κ2) is 7.38. The van der Waals surface area contributed by atoms with Gasteiger partial charge in [0.1, 0.15) is 11.6 Å². The molecule has 2 saturated heterocycles. The Bertz CT molecular complexity index is 794. The Morgan fingerprint density at radius 2 is 2.07 bits per heavy atom. The van der Waals surface area contributed by atoms with Gasteiger partial charge in [0.2, 0.25) is 11.8 Å². The van der Waals surface area contributed by atoms with Crippen molar-refractivity contribution in [2.24, 2.45) is 0 Å². The number of rotatable bonds is 4. The zero-order valence-electron chi connectivity index (χ0n) is 15.5. The van der Waals surface area contributed by atoms with Gasteiger partial charge in [0.15, 0.2) is 0 Å². The zero-order valence-corrected chi connectivity index (χ0v) is 15.5. The lowest BCUT2D eigenvalue weighted by atomic mass is 9.92. The van der Waals surface area contributed by atoms with Crippen LogP contribution in [0.15, 0.2) is 24.3 Å². The molecule has 2 heterocycles. The molecule has 0 aromatic heterocycles. The van der Waals surface area contributed by atoms with Crippen molar-refractivity contribution >= 4 is 29.4 Å². The van der Waals surface area contributed by atoms with E-state index in [9.17, 15) is 19.2 Å². The third-order valence-corrected chi connectivity index (χ3v) is 5.18. The molecule has 0 aliphatic carbocycles. The fraction of sp³-hybridized carbons (Fsp3) is 0.474. The summed E-state index contributed by atoms with van der Waals surface area (Å²) >= 11 is 0. The molecule has 144 valence electrons. The molecule has 27 heavy (non-hydrogen) atoms. The molecule has 2 atom stereocenters. The van der Waals surface area contributed by atoms with Gasteiger partial charge >= 0.3 is 6.03 Å². The molecule has 3 rings (SSSR count). The van der Waals surface area contributed by atoms with Crippen molar-refractivity contribution in [1.82, 2.24) is 15.5 Å². The molecule has 3 N–H and O–H groups in total. The van der Waals surface area contributed by atoms with E-state index in [2.05, 4.69) is 16.0 Å². The summed E-state index contributed by atoms with van der Waals surface area (Å²) in [6, 6.07) is 5.78. The predicted octanol–water partition coefficient (Wildman–Crippen LogP) is 1.47. The third kappa shape index (κ3) is 3.65. The Morgan fingerprint density at radius 1 is 1.30 bits per heavy atom. The molecule has 1 aromatic rings. The van der Waals surface area contributed by atoms with Crippen molar-refractivity contribution in [3.05, 3.63) is 29.8 Å². The molecule has 0 radical (unpaired) electrons. The van der Waals surface area contributed by atoms with E-state index >= 15 is 0 Å². The van der Waals surface area contributed by atoms with Gasteiger partial charge in [-0.05, 0) is 43.9 Å². The highest BCUT2D eigenvalue weighted by Gasteiger charge is 2.43. The van der Waals surface area contributed by atoms with Gasteiger partial charge in [0, 0.05) is 18.7 Å². The van der Waals surface area contributed by atoms with Crippen LogP contribution >= 0.6 is 0 Å². The topological polar surface area (TPSA) is 108 Å². The van der Waals surface area contributed by atoms with Gasteiger partial charge in [0.25, 0.3) is 5.91 Å². The van der Waals surface area contributed by atoms with Crippen LogP contribution in [0, 0.1) is 0 Å². The molecule has 2 aliphatic rings. The summed E-state index contributed by atoms with van der Waals surface area (Å²) in [7, 11) is 0. The number of imide groups is 1. The van der Waals surface area contributed by atoms with E-state index in [1.165, 1.54) is 0 Å². The van der Waals surface area contributed by atoms with Gasteiger partial charge in [-0.2, -0.15) is 0 Å². The van der Waals surface area contributed by atoms with Crippen LogP contribution in [0.25, 0.3) is 0 Å². The first-order valence-electron chi connectivity index (χ1n) is 9.19.